The third-order valence-corrected chi connectivity index (χ3v) is 2.05. The lowest BCUT2D eigenvalue weighted by molar-refractivity contribution is 0.462. The summed E-state index contributed by atoms with van der Waals surface area (Å²) < 4.78 is 5.45. The normalized spacial score (nSPS) is 9.06. The summed E-state index contributed by atoms with van der Waals surface area (Å²) in [6.45, 7) is 0. The fraction of sp³-hybridized carbons (Fsp3) is 0. The maximum atomic E-state index is 8.75. The standard InChI is InChI=1S/C13H7N3O/c14-8-10-2-1-3-12(6-10)17-13-7-11(9-15)4-5-16-13/h1-7H. The van der Waals surface area contributed by atoms with E-state index in [1.165, 1.54) is 6.20 Å². The summed E-state index contributed by atoms with van der Waals surface area (Å²) in [5.41, 5.74) is 0.991. The molecule has 4 nitrogen and oxygen atoms in total. The zero-order chi connectivity index (χ0) is 12.1. The second-order valence-electron chi connectivity index (χ2n) is 3.24. The third kappa shape index (κ3) is 2.58. The molecule has 0 radical (unpaired) electrons. The van der Waals surface area contributed by atoms with Gasteiger partial charge in [-0.3, -0.25) is 0 Å². The second-order valence-corrected chi connectivity index (χ2v) is 3.24. The van der Waals surface area contributed by atoms with Gasteiger partial charge in [0, 0.05) is 12.3 Å². The van der Waals surface area contributed by atoms with Gasteiger partial charge >= 0.3 is 0 Å². The molecule has 0 aliphatic rings. The van der Waals surface area contributed by atoms with E-state index in [0.29, 0.717) is 22.8 Å². The molecule has 80 valence electrons. The number of benzene rings is 1. The summed E-state index contributed by atoms with van der Waals surface area (Å²) in [4.78, 5) is 3.98. The number of rotatable bonds is 2. The summed E-state index contributed by atoms with van der Waals surface area (Å²) >= 11 is 0. The van der Waals surface area contributed by atoms with E-state index in [1.54, 1.807) is 36.4 Å². The van der Waals surface area contributed by atoms with E-state index in [2.05, 4.69) is 4.98 Å². The molecular weight excluding hydrogens is 214 g/mol. The van der Waals surface area contributed by atoms with Crippen LogP contribution in [-0.4, -0.2) is 4.98 Å². The topological polar surface area (TPSA) is 69.7 Å². The SMILES string of the molecule is N#Cc1cccc(Oc2cc(C#N)ccn2)c1. The van der Waals surface area contributed by atoms with E-state index in [-0.39, 0.29) is 0 Å². The average molecular weight is 221 g/mol. The van der Waals surface area contributed by atoms with Crippen molar-refractivity contribution in [2.75, 3.05) is 0 Å². The van der Waals surface area contributed by atoms with Crippen molar-refractivity contribution < 1.29 is 4.74 Å². The molecule has 0 aliphatic carbocycles. The molecule has 1 aromatic carbocycles. The minimum atomic E-state index is 0.333. The van der Waals surface area contributed by atoms with Gasteiger partial charge < -0.3 is 4.74 Å². The van der Waals surface area contributed by atoms with Gasteiger partial charge in [0.1, 0.15) is 5.75 Å². The molecule has 0 saturated carbocycles. The number of nitrogens with zero attached hydrogens (tertiary/aromatic N) is 3. The molecule has 0 saturated heterocycles. The first-order valence-corrected chi connectivity index (χ1v) is 4.86. The van der Waals surface area contributed by atoms with Crippen LogP contribution in [0.25, 0.3) is 0 Å². The monoisotopic (exact) mass is 221 g/mol. The van der Waals surface area contributed by atoms with Gasteiger partial charge in [0.15, 0.2) is 0 Å². The minimum Gasteiger partial charge on any atom is -0.439 e. The van der Waals surface area contributed by atoms with Crippen LogP contribution < -0.4 is 4.74 Å². The molecule has 0 spiro atoms. The lowest BCUT2D eigenvalue weighted by atomic mass is 10.2. The molecule has 17 heavy (non-hydrogen) atoms. The number of aromatic nitrogens is 1. The van der Waals surface area contributed by atoms with Crippen molar-refractivity contribution in [3.63, 3.8) is 0 Å². The summed E-state index contributed by atoms with van der Waals surface area (Å²) in [6.07, 6.45) is 1.50. The molecule has 0 atom stereocenters. The molecular formula is C13H7N3O. The van der Waals surface area contributed by atoms with Gasteiger partial charge in [-0.15, -0.1) is 0 Å². The largest absolute Gasteiger partial charge is 0.439 e. The van der Waals surface area contributed by atoms with Crippen LogP contribution in [0, 0.1) is 22.7 Å². The summed E-state index contributed by atoms with van der Waals surface area (Å²) in [5, 5.41) is 17.5. The van der Waals surface area contributed by atoms with E-state index in [1.807, 2.05) is 12.1 Å². The maximum absolute atomic E-state index is 8.75. The number of hydrogen-bond donors (Lipinski definition) is 0. The Balaban J connectivity index is 2.26. The maximum Gasteiger partial charge on any atom is 0.220 e. The molecule has 4 heteroatoms. The Morgan fingerprint density at radius 1 is 1.00 bits per heavy atom. The lowest BCUT2D eigenvalue weighted by Crippen LogP contribution is -1.88. The van der Waals surface area contributed by atoms with Gasteiger partial charge in [-0.25, -0.2) is 4.98 Å². The predicted molar refractivity (Wildman–Crippen MR) is 60.2 cm³/mol. The second kappa shape index (κ2) is 4.78. The van der Waals surface area contributed by atoms with Gasteiger partial charge in [-0.05, 0) is 24.3 Å². The van der Waals surface area contributed by atoms with Crippen molar-refractivity contribution in [1.82, 2.24) is 4.98 Å². The molecule has 0 bridgehead atoms. The molecule has 0 fully saturated rings. The van der Waals surface area contributed by atoms with Crippen LogP contribution in [0.2, 0.25) is 0 Å². The Kier molecular flexibility index (Phi) is 3.00. The molecule has 0 amide bonds. The first-order valence-electron chi connectivity index (χ1n) is 4.86. The van der Waals surface area contributed by atoms with E-state index >= 15 is 0 Å². The number of hydrogen-bond acceptors (Lipinski definition) is 4. The van der Waals surface area contributed by atoms with Crippen LogP contribution in [0.4, 0.5) is 0 Å². The summed E-state index contributed by atoms with van der Waals surface area (Å²) in [7, 11) is 0. The van der Waals surface area contributed by atoms with Crippen molar-refractivity contribution in [2.45, 2.75) is 0 Å². The van der Waals surface area contributed by atoms with E-state index < -0.39 is 0 Å². The van der Waals surface area contributed by atoms with Crippen LogP contribution in [-0.2, 0) is 0 Å². The highest BCUT2D eigenvalue weighted by molar-refractivity contribution is 5.39. The Morgan fingerprint density at radius 3 is 2.53 bits per heavy atom. The zero-order valence-electron chi connectivity index (χ0n) is 8.79. The van der Waals surface area contributed by atoms with Crippen molar-refractivity contribution in [2.24, 2.45) is 0 Å². The highest BCUT2D eigenvalue weighted by Gasteiger charge is 2.01. The summed E-state index contributed by atoms with van der Waals surface area (Å²) in [6, 6.07) is 13.9. The van der Waals surface area contributed by atoms with Crippen LogP contribution in [0.5, 0.6) is 11.6 Å². The minimum absolute atomic E-state index is 0.333. The first-order chi connectivity index (χ1) is 8.31. The van der Waals surface area contributed by atoms with Gasteiger partial charge in [0.05, 0.1) is 23.3 Å². The van der Waals surface area contributed by atoms with Crippen molar-refractivity contribution in [1.29, 1.82) is 10.5 Å². The lowest BCUT2D eigenvalue weighted by Gasteiger charge is -2.04. The van der Waals surface area contributed by atoms with E-state index in [4.69, 9.17) is 15.3 Å². The van der Waals surface area contributed by atoms with Crippen LogP contribution in [0.15, 0.2) is 42.6 Å². The van der Waals surface area contributed by atoms with Crippen LogP contribution >= 0.6 is 0 Å². The fourth-order valence-corrected chi connectivity index (χ4v) is 1.28. The van der Waals surface area contributed by atoms with Crippen molar-refractivity contribution in [3.8, 4) is 23.8 Å². The fourth-order valence-electron chi connectivity index (χ4n) is 1.28. The van der Waals surface area contributed by atoms with Gasteiger partial charge in [0.2, 0.25) is 5.88 Å². The van der Waals surface area contributed by atoms with Gasteiger partial charge in [-0.1, -0.05) is 6.07 Å². The molecule has 0 unspecified atom stereocenters. The first kappa shape index (κ1) is 10.7. The van der Waals surface area contributed by atoms with Gasteiger partial charge in [0.25, 0.3) is 0 Å². The van der Waals surface area contributed by atoms with Crippen molar-refractivity contribution >= 4 is 0 Å². The van der Waals surface area contributed by atoms with Crippen LogP contribution in [0.3, 0.4) is 0 Å². The molecule has 0 aliphatic heterocycles. The Labute approximate surface area is 98.3 Å². The van der Waals surface area contributed by atoms with Crippen molar-refractivity contribution in [3.05, 3.63) is 53.7 Å². The predicted octanol–water partition coefficient (Wildman–Crippen LogP) is 2.62. The van der Waals surface area contributed by atoms with Crippen LogP contribution in [0.1, 0.15) is 11.1 Å². The Bertz CT molecular complexity index is 568. The molecule has 0 N–H and O–H groups in total. The van der Waals surface area contributed by atoms with Gasteiger partial charge in [-0.2, -0.15) is 10.5 Å². The number of pyridine rings is 1. The average Bonchev–Trinajstić information content (AvgIpc) is 2.39. The molecule has 2 aromatic rings. The smallest absolute Gasteiger partial charge is 0.220 e. The number of nitriles is 2. The highest BCUT2D eigenvalue weighted by atomic mass is 16.5. The number of ether oxygens (including phenoxy) is 1. The molecule has 2 rings (SSSR count). The van der Waals surface area contributed by atoms with E-state index in [9.17, 15) is 0 Å². The van der Waals surface area contributed by atoms with E-state index in [0.717, 1.165) is 0 Å². The molecule has 1 heterocycles. The Morgan fingerprint density at radius 2 is 1.76 bits per heavy atom. The molecule has 1 aromatic heterocycles. The zero-order valence-corrected chi connectivity index (χ0v) is 8.79. The third-order valence-electron chi connectivity index (χ3n) is 2.05. The quantitative estimate of drug-likeness (QED) is 0.781. The Hall–Kier alpha value is -2.85. The highest BCUT2D eigenvalue weighted by Crippen LogP contribution is 2.20. The summed E-state index contributed by atoms with van der Waals surface area (Å²) in [5.74, 6) is 0.853.